The number of fused-ring (bicyclic) bond motifs is 1. The van der Waals surface area contributed by atoms with E-state index >= 15 is 0 Å². The van der Waals surface area contributed by atoms with Crippen molar-refractivity contribution in [1.82, 2.24) is 15.5 Å². The Morgan fingerprint density at radius 1 is 1.45 bits per heavy atom. The number of nitrogens with one attached hydrogen (secondary N) is 2. The van der Waals surface area contributed by atoms with Gasteiger partial charge >= 0.3 is 6.03 Å². The molecule has 0 bridgehead atoms. The average Bonchev–Trinajstić information content (AvgIpc) is 2.88. The van der Waals surface area contributed by atoms with E-state index in [9.17, 15) is 9.59 Å². The Balaban J connectivity index is 1.91. The minimum Gasteiger partial charge on any atom is -0.383 e. The molecule has 1 saturated heterocycles. The number of hydrogen-bond donors (Lipinski definition) is 2. The quantitative estimate of drug-likeness (QED) is 0.775. The SMILES string of the molecule is COCCN1C(=O)C[C@H]2[C@H](CNC(=O)NC(C)C)[C@@H](C)C[C@H]21. The Hall–Kier alpha value is -1.30. The van der Waals surface area contributed by atoms with Gasteiger partial charge in [-0.25, -0.2) is 4.79 Å². The van der Waals surface area contributed by atoms with Gasteiger partial charge in [0.2, 0.25) is 5.91 Å². The van der Waals surface area contributed by atoms with E-state index in [0.717, 1.165) is 6.42 Å². The van der Waals surface area contributed by atoms with E-state index in [1.807, 2.05) is 18.7 Å². The lowest BCUT2D eigenvalue weighted by atomic mass is 9.88. The van der Waals surface area contributed by atoms with Gasteiger partial charge in [0.25, 0.3) is 0 Å². The molecule has 0 unspecified atom stereocenters. The first-order valence-electron chi connectivity index (χ1n) is 8.26. The topological polar surface area (TPSA) is 70.7 Å². The van der Waals surface area contributed by atoms with E-state index in [1.54, 1.807) is 7.11 Å². The van der Waals surface area contributed by atoms with Gasteiger partial charge in [-0.05, 0) is 38.0 Å². The van der Waals surface area contributed by atoms with E-state index < -0.39 is 0 Å². The molecule has 1 aliphatic carbocycles. The van der Waals surface area contributed by atoms with Crippen LogP contribution in [0.1, 0.15) is 33.6 Å². The standard InChI is InChI=1S/C16H29N3O3/c1-10(2)18-16(21)17-9-13-11(3)7-14-12(13)8-15(20)19(14)5-6-22-4/h10-14H,5-9H2,1-4H3,(H2,17,18,21)/t11-,12-,13+,14+/m0/s1. The summed E-state index contributed by atoms with van der Waals surface area (Å²) in [6.45, 7) is 8.02. The molecule has 0 aromatic rings. The smallest absolute Gasteiger partial charge is 0.314 e. The summed E-state index contributed by atoms with van der Waals surface area (Å²) < 4.78 is 5.11. The molecule has 22 heavy (non-hydrogen) atoms. The Bertz CT molecular complexity index is 413. The molecule has 6 heteroatoms. The molecular weight excluding hydrogens is 282 g/mol. The van der Waals surface area contributed by atoms with E-state index in [4.69, 9.17) is 4.74 Å². The van der Waals surface area contributed by atoms with Crippen molar-refractivity contribution in [2.75, 3.05) is 26.8 Å². The number of hydrogen-bond acceptors (Lipinski definition) is 3. The molecule has 0 radical (unpaired) electrons. The van der Waals surface area contributed by atoms with Crippen molar-refractivity contribution >= 4 is 11.9 Å². The minimum atomic E-state index is -0.119. The Morgan fingerprint density at radius 2 is 2.18 bits per heavy atom. The van der Waals surface area contributed by atoms with Gasteiger partial charge < -0.3 is 20.3 Å². The highest BCUT2D eigenvalue weighted by Gasteiger charge is 2.50. The lowest BCUT2D eigenvalue weighted by Crippen LogP contribution is -2.42. The monoisotopic (exact) mass is 311 g/mol. The second-order valence-corrected chi connectivity index (χ2v) is 6.90. The predicted molar refractivity (Wildman–Crippen MR) is 84.4 cm³/mol. The molecule has 2 aliphatic rings. The van der Waals surface area contributed by atoms with Gasteiger partial charge in [0.05, 0.1) is 6.61 Å². The summed E-state index contributed by atoms with van der Waals surface area (Å²) in [6, 6.07) is 0.329. The van der Waals surface area contributed by atoms with Crippen LogP contribution < -0.4 is 10.6 Å². The van der Waals surface area contributed by atoms with Gasteiger partial charge in [-0.2, -0.15) is 0 Å². The van der Waals surface area contributed by atoms with Crippen molar-refractivity contribution in [3.05, 3.63) is 0 Å². The van der Waals surface area contributed by atoms with Crippen LogP contribution in [0.3, 0.4) is 0 Å². The van der Waals surface area contributed by atoms with Crippen LogP contribution in [0.4, 0.5) is 4.79 Å². The number of carbonyl (C=O) groups is 2. The molecule has 6 nitrogen and oxygen atoms in total. The maximum Gasteiger partial charge on any atom is 0.314 e. The van der Waals surface area contributed by atoms with Crippen LogP contribution >= 0.6 is 0 Å². The number of ether oxygens (including phenoxy) is 1. The fraction of sp³-hybridized carbons (Fsp3) is 0.875. The van der Waals surface area contributed by atoms with E-state index in [-0.39, 0.29) is 18.0 Å². The van der Waals surface area contributed by atoms with Crippen LogP contribution in [-0.4, -0.2) is 55.7 Å². The molecule has 0 spiro atoms. The summed E-state index contributed by atoms with van der Waals surface area (Å²) in [7, 11) is 1.66. The largest absolute Gasteiger partial charge is 0.383 e. The Morgan fingerprint density at radius 3 is 2.82 bits per heavy atom. The highest BCUT2D eigenvalue weighted by molar-refractivity contribution is 5.79. The van der Waals surface area contributed by atoms with Crippen molar-refractivity contribution in [2.24, 2.45) is 17.8 Å². The van der Waals surface area contributed by atoms with Crippen molar-refractivity contribution in [2.45, 2.75) is 45.7 Å². The first-order chi connectivity index (χ1) is 10.4. The van der Waals surface area contributed by atoms with Gasteiger partial charge in [0, 0.05) is 38.7 Å². The molecule has 1 aliphatic heterocycles. The second-order valence-electron chi connectivity index (χ2n) is 6.90. The first kappa shape index (κ1) is 17.1. The second kappa shape index (κ2) is 7.31. The molecule has 0 aromatic carbocycles. The Labute approximate surface area is 132 Å². The van der Waals surface area contributed by atoms with Crippen LogP contribution in [0, 0.1) is 17.8 Å². The van der Waals surface area contributed by atoms with Crippen molar-refractivity contribution < 1.29 is 14.3 Å². The van der Waals surface area contributed by atoms with Crippen molar-refractivity contribution in [3.63, 3.8) is 0 Å². The molecule has 4 atom stereocenters. The van der Waals surface area contributed by atoms with Crippen LogP contribution in [0.25, 0.3) is 0 Å². The van der Waals surface area contributed by atoms with Crippen molar-refractivity contribution in [1.29, 1.82) is 0 Å². The van der Waals surface area contributed by atoms with E-state index in [1.165, 1.54) is 0 Å². The molecule has 3 amide bonds. The lowest BCUT2D eigenvalue weighted by molar-refractivity contribution is -0.129. The van der Waals surface area contributed by atoms with Gasteiger partial charge in [-0.3, -0.25) is 4.79 Å². The zero-order chi connectivity index (χ0) is 16.3. The molecule has 2 fully saturated rings. The third-order valence-electron chi connectivity index (χ3n) is 4.97. The normalized spacial score (nSPS) is 30.8. The van der Waals surface area contributed by atoms with E-state index in [0.29, 0.717) is 49.9 Å². The molecule has 0 aromatic heterocycles. The summed E-state index contributed by atoms with van der Waals surface area (Å²) in [5.74, 6) is 1.49. The minimum absolute atomic E-state index is 0.119. The highest BCUT2D eigenvalue weighted by Crippen LogP contribution is 2.45. The summed E-state index contributed by atoms with van der Waals surface area (Å²) in [5, 5.41) is 5.81. The average molecular weight is 311 g/mol. The van der Waals surface area contributed by atoms with Gasteiger partial charge in [0.1, 0.15) is 0 Å². The first-order valence-corrected chi connectivity index (χ1v) is 8.26. The summed E-state index contributed by atoms with van der Waals surface area (Å²) >= 11 is 0. The van der Waals surface area contributed by atoms with Gasteiger partial charge in [-0.15, -0.1) is 0 Å². The Kier molecular flexibility index (Phi) is 5.67. The number of methoxy groups -OCH3 is 1. The molecule has 1 saturated carbocycles. The van der Waals surface area contributed by atoms with Crippen LogP contribution in [0.15, 0.2) is 0 Å². The van der Waals surface area contributed by atoms with Gasteiger partial charge in [-0.1, -0.05) is 6.92 Å². The highest BCUT2D eigenvalue weighted by atomic mass is 16.5. The number of amides is 3. The number of rotatable bonds is 6. The molecule has 2 N–H and O–H groups in total. The molecule has 126 valence electrons. The summed E-state index contributed by atoms with van der Waals surface area (Å²) in [6.07, 6.45) is 1.63. The zero-order valence-corrected chi connectivity index (χ0v) is 14.1. The molecule has 1 heterocycles. The van der Waals surface area contributed by atoms with Crippen LogP contribution in [-0.2, 0) is 9.53 Å². The van der Waals surface area contributed by atoms with Crippen molar-refractivity contribution in [3.8, 4) is 0 Å². The third kappa shape index (κ3) is 3.72. The third-order valence-corrected chi connectivity index (χ3v) is 4.97. The summed E-state index contributed by atoms with van der Waals surface area (Å²) in [5.41, 5.74) is 0. The fourth-order valence-electron chi connectivity index (χ4n) is 3.94. The summed E-state index contributed by atoms with van der Waals surface area (Å²) in [4.78, 5) is 25.9. The zero-order valence-electron chi connectivity index (χ0n) is 14.1. The van der Waals surface area contributed by atoms with Crippen LogP contribution in [0.2, 0.25) is 0 Å². The number of urea groups is 1. The fourth-order valence-corrected chi connectivity index (χ4v) is 3.94. The maximum atomic E-state index is 12.2. The lowest BCUT2D eigenvalue weighted by Gasteiger charge is -2.24. The number of likely N-dealkylation sites (tertiary alicyclic amines) is 1. The molecule has 2 rings (SSSR count). The van der Waals surface area contributed by atoms with Gasteiger partial charge in [0.15, 0.2) is 0 Å². The maximum absolute atomic E-state index is 12.2. The van der Waals surface area contributed by atoms with E-state index in [2.05, 4.69) is 17.6 Å². The predicted octanol–water partition coefficient (Wildman–Crippen LogP) is 1.21. The molecular formula is C16H29N3O3. The number of nitrogens with zero attached hydrogens (tertiary/aromatic N) is 1. The number of carbonyl (C=O) groups excluding carboxylic acids is 2. The van der Waals surface area contributed by atoms with Crippen LogP contribution in [0.5, 0.6) is 0 Å².